The van der Waals surface area contributed by atoms with Crippen LogP contribution in [0.15, 0.2) is 0 Å². The Morgan fingerprint density at radius 1 is 1.18 bits per heavy atom. The molecule has 1 spiro atoms. The lowest BCUT2D eigenvalue weighted by atomic mass is 9.85. The second-order valence-electron chi connectivity index (χ2n) is 13.3. The molecule has 4 atom stereocenters. The fraction of sp³-hybridized carbons (Fsp3) is 0.808. The van der Waals surface area contributed by atoms with Gasteiger partial charge in [-0.1, -0.05) is 45.7 Å². The maximum absolute atomic E-state index is 13.7. The maximum atomic E-state index is 13.7. The highest BCUT2D eigenvalue weighted by atomic mass is 28.3. The van der Waals surface area contributed by atoms with E-state index < -0.39 is 61.4 Å². The normalized spacial score (nSPS) is 25.6. The van der Waals surface area contributed by atoms with Crippen LogP contribution in [0.3, 0.4) is 0 Å². The van der Waals surface area contributed by atoms with E-state index in [1.807, 2.05) is 19.2 Å². The van der Waals surface area contributed by atoms with E-state index in [1.165, 1.54) is 4.90 Å². The van der Waals surface area contributed by atoms with Crippen molar-refractivity contribution in [1.29, 1.82) is 5.26 Å². The van der Waals surface area contributed by atoms with Crippen LogP contribution in [0.2, 0.25) is 18.1 Å². The van der Waals surface area contributed by atoms with Gasteiger partial charge in [-0.15, -0.1) is 0 Å². The Balaban J connectivity index is 1.75. The van der Waals surface area contributed by atoms with Gasteiger partial charge in [0.05, 0.1) is 14.1 Å². The third-order valence-electron chi connectivity index (χ3n) is 8.23. The summed E-state index contributed by atoms with van der Waals surface area (Å²) in [6.45, 7) is 8.54. The zero-order chi connectivity index (χ0) is 29.4. The minimum atomic E-state index is -5.13. The summed E-state index contributed by atoms with van der Waals surface area (Å²) in [5, 5.41) is 17.1. The highest BCUT2D eigenvalue weighted by Gasteiger charge is 2.52. The van der Waals surface area contributed by atoms with Crippen LogP contribution in [0.4, 0.5) is 13.2 Å². The third-order valence-corrected chi connectivity index (χ3v) is 13.4. The monoisotopic (exact) mass is 571 g/mol. The summed E-state index contributed by atoms with van der Waals surface area (Å²) in [5.41, 5.74) is -1.39. The molecule has 3 aliphatic rings. The largest absolute Gasteiger partial charge is 0.471 e. The summed E-state index contributed by atoms with van der Waals surface area (Å²) in [6, 6.07) is 1.84. The summed E-state index contributed by atoms with van der Waals surface area (Å²) < 4.78 is 39.2. The van der Waals surface area contributed by atoms with Crippen molar-refractivity contribution in [3.63, 3.8) is 0 Å². The van der Waals surface area contributed by atoms with Gasteiger partial charge < -0.3 is 20.9 Å². The minimum absolute atomic E-state index is 0.0922. The summed E-state index contributed by atoms with van der Waals surface area (Å²) >= 11 is 0. The first-order chi connectivity index (χ1) is 17.9. The number of carbonyl (C=O) groups excluding carboxylic acids is 4. The van der Waals surface area contributed by atoms with Crippen LogP contribution in [0, 0.1) is 22.7 Å². The van der Waals surface area contributed by atoms with Crippen molar-refractivity contribution in [3.05, 3.63) is 0 Å². The van der Waals surface area contributed by atoms with Gasteiger partial charge in [-0.2, -0.15) is 18.4 Å². The van der Waals surface area contributed by atoms with Gasteiger partial charge in [-0.05, 0) is 38.1 Å². The standard InChI is InChI=1S/C26H40F3N5O4Si/c1-24(2,3)20(32-23(38)26(27,28)29)22(37)34-15-39(8-6-7-9-39)14-18(34)11-19(35)31-17(13-30)10-16-12-25(4,5)33-21(16)36/h16-18,20H,6-12,14-15H2,1-5H3,(H,31,35)(H,32,38)(H,33,36)/t16?,17?,18?,20-/m1/s1. The van der Waals surface area contributed by atoms with Gasteiger partial charge in [0.1, 0.15) is 12.1 Å². The number of hydrogen-bond acceptors (Lipinski definition) is 5. The number of hydrogen-bond donors (Lipinski definition) is 3. The SMILES string of the molecule is CC1(C)CC(CC(C#N)NC(=O)CC2C[Si]3(CCCC3)CN2C(=O)[C@@H](NC(=O)C(F)(F)F)C(C)(C)C)C(=O)N1. The lowest BCUT2D eigenvalue weighted by Crippen LogP contribution is -2.58. The second-order valence-corrected chi connectivity index (χ2v) is 18.0. The fourth-order valence-corrected chi connectivity index (χ4v) is 12.0. The van der Waals surface area contributed by atoms with Crippen molar-refractivity contribution in [2.24, 2.45) is 11.3 Å². The predicted molar refractivity (Wildman–Crippen MR) is 139 cm³/mol. The van der Waals surface area contributed by atoms with E-state index in [4.69, 9.17) is 0 Å². The zero-order valence-corrected chi connectivity index (χ0v) is 24.3. The molecule has 9 nitrogen and oxygen atoms in total. The van der Waals surface area contributed by atoms with Crippen LogP contribution in [0.1, 0.15) is 66.7 Å². The maximum Gasteiger partial charge on any atom is 0.471 e. The molecule has 3 unspecified atom stereocenters. The molecule has 0 aliphatic carbocycles. The molecule has 3 aliphatic heterocycles. The number of alkyl halides is 3. The lowest BCUT2D eigenvalue weighted by Gasteiger charge is -2.36. The molecule has 0 aromatic rings. The average Bonchev–Trinajstić information content (AvgIpc) is 3.46. The molecule has 0 bridgehead atoms. The molecule has 0 aromatic carbocycles. The molecule has 39 heavy (non-hydrogen) atoms. The lowest BCUT2D eigenvalue weighted by molar-refractivity contribution is -0.176. The molecule has 218 valence electrons. The van der Waals surface area contributed by atoms with E-state index in [9.17, 15) is 37.6 Å². The van der Waals surface area contributed by atoms with Gasteiger partial charge in [-0.3, -0.25) is 19.2 Å². The zero-order valence-electron chi connectivity index (χ0n) is 23.3. The molecule has 3 saturated heterocycles. The summed E-state index contributed by atoms with van der Waals surface area (Å²) in [7, 11) is -1.94. The number of nitrogens with one attached hydrogen (secondary N) is 3. The van der Waals surface area contributed by atoms with Crippen molar-refractivity contribution in [1.82, 2.24) is 20.9 Å². The molecule has 4 amide bonds. The highest BCUT2D eigenvalue weighted by Crippen LogP contribution is 2.42. The first kappa shape index (κ1) is 30.9. The van der Waals surface area contributed by atoms with Crippen molar-refractivity contribution in [2.75, 3.05) is 6.17 Å². The summed E-state index contributed by atoms with van der Waals surface area (Å²) in [5.74, 6) is -3.81. The van der Waals surface area contributed by atoms with E-state index in [0.717, 1.165) is 24.9 Å². The minimum Gasteiger partial charge on any atom is -0.351 e. The topological polar surface area (TPSA) is 131 Å². The number of rotatable bonds is 7. The molecule has 13 heteroatoms. The molecule has 0 aromatic heterocycles. The van der Waals surface area contributed by atoms with Crippen molar-refractivity contribution >= 4 is 31.7 Å². The molecule has 0 radical (unpaired) electrons. The number of nitriles is 1. The Morgan fingerprint density at radius 3 is 2.28 bits per heavy atom. The quantitative estimate of drug-likeness (QED) is 0.405. The van der Waals surface area contributed by atoms with Crippen LogP contribution in [-0.2, 0) is 19.2 Å². The molecule has 3 fully saturated rings. The molecule has 3 rings (SSSR count). The summed E-state index contributed by atoms with van der Waals surface area (Å²) in [6.07, 6.45) is -2.03. The Morgan fingerprint density at radius 2 is 1.79 bits per heavy atom. The second kappa shape index (κ2) is 11.1. The Labute approximate surface area is 228 Å². The number of halogens is 3. The van der Waals surface area contributed by atoms with E-state index in [2.05, 4.69) is 16.7 Å². The first-order valence-corrected chi connectivity index (χ1v) is 16.4. The van der Waals surface area contributed by atoms with Gasteiger partial charge in [0.25, 0.3) is 0 Å². The summed E-state index contributed by atoms with van der Waals surface area (Å²) in [4.78, 5) is 52.4. The molecule has 3 heterocycles. The van der Waals surface area contributed by atoms with Crippen LogP contribution < -0.4 is 16.0 Å². The van der Waals surface area contributed by atoms with Crippen LogP contribution in [0.25, 0.3) is 0 Å². The van der Waals surface area contributed by atoms with Crippen LogP contribution >= 0.6 is 0 Å². The predicted octanol–water partition coefficient (Wildman–Crippen LogP) is 2.78. The highest BCUT2D eigenvalue weighted by molar-refractivity contribution is 6.81. The van der Waals surface area contributed by atoms with Crippen LogP contribution in [-0.4, -0.2) is 72.6 Å². The van der Waals surface area contributed by atoms with E-state index in [1.54, 1.807) is 20.8 Å². The van der Waals surface area contributed by atoms with Gasteiger partial charge in [0.2, 0.25) is 17.7 Å². The number of nitrogens with zero attached hydrogens (tertiary/aromatic N) is 2. The average molecular weight is 572 g/mol. The third kappa shape index (κ3) is 7.52. The molecular weight excluding hydrogens is 531 g/mol. The Hall–Kier alpha value is -2.62. The van der Waals surface area contributed by atoms with E-state index in [-0.39, 0.29) is 24.3 Å². The van der Waals surface area contributed by atoms with Crippen molar-refractivity contribution in [2.45, 2.75) is 115 Å². The van der Waals surface area contributed by atoms with Crippen molar-refractivity contribution < 1.29 is 32.3 Å². The Kier molecular flexibility index (Phi) is 8.80. The van der Waals surface area contributed by atoms with E-state index >= 15 is 0 Å². The van der Waals surface area contributed by atoms with Gasteiger partial charge >= 0.3 is 12.1 Å². The molecule has 0 saturated carbocycles. The van der Waals surface area contributed by atoms with Gasteiger partial charge in [0, 0.05) is 30.1 Å². The Bertz CT molecular complexity index is 1030. The number of carbonyl (C=O) groups is 4. The fourth-order valence-electron chi connectivity index (χ4n) is 6.40. The molecular formula is C26H40F3N5O4Si. The smallest absolute Gasteiger partial charge is 0.351 e. The van der Waals surface area contributed by atoms with Crippen LogP contribution in [0.5, 0.6) is 0 Å². The van der Waals surface area contributed by atoms with Crippen molar-refractivity contribution in [3.8, 4) is 6.07 Å². The first-order valence-electron chi connectivity index (χ1n) is 13.5. The van der Waals surface area contributed by atoms with E-state index in [0.29, 0.717) is 18.6 Å². The van der Waals surface area contributed by atoms with Gasteiger partial charge in [0.15, 0.2) is 0 Å². The van der Waals surface area contributed by atoms with Gasteiger partial charge in [-0.25, -0.2) is 0 Å². The number of amides is 4. The molecule has 3 N–H and O–H groups in total.